The fourth-order valence-electron chi connectivity index (χ4n) is 2.46. The van der Waals surface area contributed by atoms with Gasteiger partial charge in [-0.25, -0.2) is 4.39 Å². The van der Waals surface area contributed by atoms with Crippen LogP contribution in [0.3, 0.4) is 0 Å². The quantitative estimate of drug-likeness (QED) is 0.574. The van der Waals surface area contributed by atoms with Gasteiger partial charge in [0, 0.05) is 19.7 Å². The first-order valence-electron chi connectivity index (χ1n) is 7.54. The molecule has 0 saturated carbocycles. The van der Waals surface area contributed by atoms with Gasteiger partial charge >= 0.3 is 0 Å². The van der Waals surface area contributed by atoms with E-state index in [1.54, 1.807) is 23.1 Å². The maximum atomic E-state index is 13.4. The zero-order chi connectivity index (χ0) is 15.8. The highest BCUT2D eigenvalue weighted by atomic mass is 19.1. The fraction of sp³-hybridized carbons (Fsp3) is 0.471. The van der Waals surface area contributed by atoms with Gasteiger partial charge in [-0.1, -0.05) is 18.2 Å². The zero-order valence-electron chi connectivity index (χ0n) is 12.7. The molecule has 0 aliphatic carbocycles. The summed E-state index contributed by atoms with van der Waals surface area (Å²) >= 11 is 0. The molecule has 4 nitrogen and oxygen atoms in total. The highest BCUT2D eigenvalue weighted by molar-refractivity contribution is 5.77. The molecule has 1 saturated heterocycles. The van der Waals surface area contributed by atoms with Gasteiger partial charge in [0.2, 0.25) is 0 Å². The molecule has 1 aromatic carbocycles. The number of nitrogens with zero attached hydrogens (tertiary/aromatic N) is 1. The minimum absolute atomic E-state index is 0.103. The van der Waals surface area contributed by atoms with Crippen molar-refractivity contribution < 1.29 is 18.7 Å². The van der Waals surface area contributed by atoms with Crippen molar-refractivity contribution in [3.05, 3.63) is 42.7 Å². The van der Waals surface area contributed by atoms with Crippen molar-refractivity contribution in [1.29, 1.82) is 0 Å². The molecule has 1 aliphatic rings. The summed E-state index contributed by atoms with van der Waals surface area (Å²) in [4.78, 5) is 13.9. The largest absolute Gasteiger partial charge is 0.481 e. The van der Waals surface area contributed by atoms with Crippen LogP contribution in [0.15, 0.2) is 36.9 Å². The van der Waals surface area contributed by atoms with Gasteiger partial charge in [-0.3, -0.25) is 4.79 Å². The Morgan fingerprint density at radius 3 is 2.77 bits per heavy atom. The number of carbonyl (C=O) groups excluding carboxylic acids is 1. The predicted molar refractivity (Wildman–Crippen MR) is 82.2 cm³/mol. The lowest BCUT2D eigenvalue weighted by atomic mass is 9.98. The van der Waals surface area contributed by atoms with E-state index < -0.39 is 5.82 Å². The summed E-state index contributed by atoms with van der Waals surface area (Å²) in [6.07, 6.45) is 3.57. The molecule has 120 valence electrons. The minimum atomic E-state index is -0.451. The number of halogens is 1. The number of rotatable bonds is 7. The van der Waals surface area contributed by atoms with Crippen molar-refractivity contribution >= 4 is 5.91 Å². The molecule has 1 fully saturated rings. The molecule has 0 radical (unpaired) electrons. The van der Waals surface area contributed by atoms with Crippen LogP contribution < -0.4 is 4.74 Å². The van der Waals surface area contributed by atoms with Crippen LogP contribution in [0, 0.1) is 11.7 Å². The van der Waals surface area contributed by atoms with Crippen molar-refractivity contribution in [3.63, 3.8) is 0 Å². The van der Waals surface area contributed by atoms with Crippen molar-refractivity contribution in [2.45, 2.75) is 12.8 Å². The second-order valence-corrected chi connectivity index (χ2v) is 5.37. The Morgan fingerprint density at radius 2 is 2.09 bits per heavy atom. The SMILES string of the molecule is C=CCOCC1CCN(C(=O)COc2ccccc2F)CC1. The van der Waals surface area contributed by atoms with Crippen LogP contribution in [0.4, 0.5) is 4.39 Å². The Labute approximate surface area is 130 Å². The summed E-state index contributed by atoms with van der Waals surface area (Å²) in [6.45, 7) is 6.15. The zero-order valence-corrected chi connectivity index (χ0v) is 12.7. The van der Waals surface area contributed by atoms with Crippen LogP contribution in [0.25, 0.3) is 0 Å². The Kier molecular flexibility index (Phi) is 6.40. The molecule has 0 aromatic heterocycles. The van der Waals surface area contributed by atoms with E-state index in [0.29, 0.717) is 32.2 Å². The number of benzene rings is 1. The number of carbonyl (C=O) groups is 1. The lowest BCUT2D eigenvalue weighted by Gasteiger charge is -2.31. The molecule has 1 aromatic rings. The summed E-state index contributed by atoms with van der Waals surface area (Å²) in [5, 5.41) is 0. The van der Waals surface area contributed by atoms with Crippen molar-refractivity contribution in [2.75, 3.05) is 32.9 Å². The molecule has 2 rings (SSSR count). The van der Waals surface area contributed by atoms with Gasteiger partial charge in [0.1, 0.15) is 0 Å². The Morgan fingerprint density at radius 1 is 1.36 bits per heavy atom. The molecular formula is C17H22FNO3. The molecule has 0 N–H and O–H groups in total. The Balaban J connectivity index is 1.71. The maximum Gasteiger partial charge on any atom is 0.260 e. The molecule has 5 heteroatoms. The minimum Gasteiger partial charge on any atom is -0.481 e. The molecule has 0 atom stereocenters. The molecule has 0 bridgehead atoms. The Hall–Kier alpha value is -1.88. The summed E-state index contributed by atoms with van der Waals surface area (Å²) in [5.41, 5.74) is 0. The molecule has 1 aliphatic heterocycles. The lowest BCUT2D eigenvalue weighted by Crippen LogP contribution is -2.41. The van der Waals surface area contributed by atoms with Crippen LogP contribution in [-0.2, 0) is 9.53 Å². The number of hydrogen-bond acceptors (Lipinski definition) is 3. The first kappa shape index (κ1) is 16.5. The third-order valence-corrected chi connectivity index (χ3v) is 3.74. The summed E-state index contributed by atoms with van der Waals surface area (Å²) < 4.78 is 24.1. The van der Waals surface area contributed by atoms with Crippen LogP contribution in [0.2, 0.25) is 0 Å². The van der Waals surface area contributed by atoms with Crippen LogP contribution in [0.1, 0.15) is 12.8 Å². The molecule has 1 heterocycles. The van der Waals surface area contributed by atoms with Crippen LogP contribution in [-0.4, -0.2) is 43.7 Å². The van der Waals surface area contributed by atoms with Gasteiger partial charge in [-0.15, -0.1) is 6.58 Å². The normalized spacial score (nSPS) is 15.6. The molecule has 1 amide bonds. The highest BCUT2D eigenvalue weighted by Gasteiger charge is 2.23. The smallest absolute Gasteiger partial charge is 0.260 e. The van der Waals surface area contributed by atoms with Gasteiger partial charge in [-0.05, 0) is 30.9 Å². The first-order chi connectivity index (χ1) is 10.7. The lowest BCUT2D eigenvalue weighted by molar-refractivity contribution is -0.135. The number of piperidine rings is 1. The van der Waals surface area contributed by atoms with Crippen molar-refractivity contribution in [3.8, 4) is 5.75 Å². The summed E-state index contributed by atoms with van der Waals surface area (Å²) in [5.74, 6) is 0.0436. The average Bonchev–Trinajstić information content (AvgIpc) is 2.55. The van der Waals surface area contributed by atoms with E-state index in [0.717, 1.165) is 12.8 Å². The third-order valence-electron chi connectivity index (χ3n) is 3.74. The van der Waals surface area contributed by atoms with Gasteiger partial charge in [0.15, 0.2) is 18.2 Å². The van der Waals surface area contributed by atoms with E-state index in [2.05, 4.69) is 6.58 Å². The fourth-order valence-corrected chi connectivity index (χ4v) is 2.46. The van der Waals surface area contributed by atoms with E-state index in [1.165, 1.54) is 12.1 Å². The number of para-hydroxylation sites is 1. The van der Waals surface area contributed by atoms with Crippen molar-refractivity contribution in [2.24, 2.45) is 5.92 Å². The number of amides is 1. The summed E-state index contributed by atoms with van der Waals surface area (Å²) in [6, 6.07) is 6.10. The molecule has 22 heavy (non-hydrogen) atoms. The van der Waals surface area contributed by atoms with E-state index >= 15 is 0 Å². The van der Waals surface area contributed by atoms with E-state index in [-0.39, 0.29) is 18.3 Å². The van der Waals surface area contributed by atoms with E-state index in [4.69, 9.17) is 9.47 Å². The Bertz CT molecular complexity index is 498. The summed E-state index contributed by atoms with van der Waals surface area (Å²) in [7, 11) is 0. The molecule has 0 unspecified atom stereocenters. The van der Waals surface area contributed by atoms with Crippen LogP contribution >= 0.6 is 0 Å². The standard InChI is InChI=1S/C17H22FNO3/c1-2-11-21-12-14-7-9-19(10-8-14)17(20)13-22-16-6-4-3-5-15(16)18/h2-6,14H,1,7-13H2. The maximum absolute atomic E-state index is 13.4. The molecule has 0 spiro atoms. The number of hydrogen-bond donors (Lipinski definition) is 0. The van der Waals surface area contributed by atoms with Gasteiger partial charge in [0.05, 0.1) is 6.61 Å². The van der Waals surface area contributed by atoms with Gasteiger partial charge < -0.3 is 14.4 Å². The first-order valence-corrected chi connectivity index (χ1v) is 7.54. The predicted octanol–water partition coefficient (Wildman–Crippen LogP) is 2.65. The van der Waals surface area contributed by atoms with E-state index in [1.807, 2.05) is 0 Å². The van der Waals surface area contributed by atoms with Gasteiger partial charge in [-0.2, -0.15) is 0 Å². The van der Waals surface area contributed by atoms with Crippen LogP contribution in [0.5, 0.6) is 5.75 Å². The van der Waals surface area contributed by atoms with Gasteiger partial charge in [0.25, 0.3) is 5.91 Å². The topological polar surface area (TPSA) is 38.8 Å². The average molecular weight is 307 g/mol. The third kappa shape index (κ3) is 4.84. The number of ether oxygens (including phenoxy) is 2. The highest BCUT2D eigenvalue weighted by Crippen LogP contribution is 2.19. The number of likely N-dealkylation sites (tertiary alicyclic amines) is 1. The van der Waals surface area contributed by atoms with Crippen molar-refractivity contribution in [1.82, 2.24) is 4.90 Å². The monoisotopic (exact) mass is 307 g/mol. The molecular weight excluding hydrogens is 285 g/mol. The second-order valence-electron chi connectivity index (χ2n) is 5.37. The second kappa shape index (κ2) is 8.54. The van der Waals surface area contributed by atoms with E-state index in [9.17, 15) is 9.18 Å².